The van der Waals surface area contributed by atoms with E-state index in [1.807, 2.05) is 6.92 Å². The van der Waals surface area contributed by atoms with E-state index < -0.39 is 5.54 Å². The van der Waals surface area contributed by atoms with Crippen LogP contribution in [-0.4, -0.2) is 30.0 Å². The molecule has 3 rings (SSSR count). The van der Waals surface area contributed by atoms with Gasteiger partial charge in [-0.25, -0.2) is 4.39 Å². The third-order valence-corrected chi connectivity index (χ3v) is 5.40. The van der Waals surface area contributed by atoms with Gasteiger partial charge in [-0.2, -0.15) is 0 Å². The molecule has 2 aliphatic rings. The Bertz CT molecular complexity index is 661. The molecule has 130 valence electrons. The van der Waals surface area contributed by atoms with Crippen molar-refractivity contribution in [2.24, 2.45) is 16.6 Å². The van der Waals surface area contributed by atoms with Crippen molar-refractivity contribution < 1.29 is 13.9 Å². The van der Waals surface area contributed by atoms with Crippen LogP contribution in [0.3, 0.4) is 0 Å². The Kier molecular flexibility index (Phi) is 5.10. The zero-order valence-corrected chi connectivity index (χ0v) is 14.5. The first-order chi connectivity index (χ1) is 11.5. The van der Waals surface area contributed by atoms with Gasteiger partial charge in [0.15, 0.2) is 5.17 Å². The topological polar surface area (TPSA) is 76.7 Å². The van der Waals surface area contributed by atoms with E-state index in [0.717, 1.165) is 18.6 Å². The summed E-state index contributed by atoms with van der Waals surface area (Å²) in [6.07, 6.45) is 2.14. The van der Waals surface area contributed by atoms with Gasteiger partial charge in [-0.3, -0.25) is 9.79 Å². The maximum absolute atomic E-state index is 14.4. The Morgan fingerprint density at radius 2 is 2.21 bits per heavy atom. The number of halogens is 1. The second-order valence-corrected chi connectivity index (χ2v) is 7.51. The number of carbonyl (C=O) groups excluding carboxylic acids is 1. The summed E-state index contributed by atoms with van der Waals surface area (Å²) in [5, 5.41) is 3.37. The quantitative estimate of drug-likeness (QED) is 0.878. The molecule has 1 saturated heterocycles. The molecular formula is C17H22FN3O2S. The van der Waals surface area contributed by atoms with Crippen molar-refractivity contribution in [2.75, 3.05) is 24.3 Å². The minimum absolute atomic E-state index is 0.0387. The number of anilines is 1. The molecule has 7 heteroatoms. The zero-order valence-electron chi connectivity index (χ0n) is 13.7. The van der Waals surface area contributed by atoms with Gasteiger partial charge in [0.05, 0.1) is 5.54 Å². The zero-order chi connectivity index (χ0) is 17.2. The molecule has 1 aromatic rings. The fourth-order valence-electron chi connectivity index (χ4n) is 3.10. The normalized spacial score (nSPS) is 25.2. The van der Waals surface area contributed by atoms with Crippen LogP contribution < -0.4 is 11.1 Å². The van der Waals surface area contributed by atoms with Crippen molar-refractivity contribution >= 4 is 28.5 Å². The molecule has 1 unspecified atom stereocenters. The van der Waals surface area contributed by atoms with Gasteiger partial charge in [-0.05, 0) is 44.4 Å². The van der Waals surface area contributed by atoms with E-state index >= 15 is 0 Å². The fraction of sp³-hybridized carbons (Fsp3) is 0.529. The van der Waals surface area contributed by atoms with E-state index in [1.165, 1.54) is 17.8 Å². The largest absolute Gasteiger partial charge is 0.381 e. The maximum Gasteiger partial charge on any atom is 0.227 e. The van der Waals surface area contributed by atoms with Crippen LogP contribution >= 0.6 is 11.8 Å². The second kappa shape index (κ2) is 7.11. The number of nitrogens with one attached hydrogen (secondary N) is 1. The Labute approximate surface area is 145 Å². The van der Waals surface area contributed by atoms with Gasteiger partial charge >= 0.3 is 0 Å². The third-order valence-electron chi connectivity index (χ3n) is 4.60. The van der Waals surface area contributed by atoms with E-state index in [-0.39, 0.29) is 17.6 Å². The summed E-state index contributed by atoms with van der Waals surface area (Å²) < 4.78 is 19.7. The lowest BCUT2D eigenvalue weighted by atomic mass is 9.89. The van der Waals surface area contributed by atoms with Crippen LogP contribution in [0, 0.1) is 11.7 Å². The summed E-state index contributed by atoms with van der Waals surface area (Å²) in [4.78, 5) is 16.8. The summed E-state index contributed by atoms with van der Waals surface area (Å²) in [5.74, 6) is 0.375. The third kappa shape index (κ3) is 3.72. The number of rotatable bonds is 3. The van der Waals surface area contributed by atoms with Gasteiger partial charge < -0.3 is 15.8 Å². The van der Waals surface area contributed by atoms with E-state index in [9.17, 15) is 9.18 Å². The first-order valence-electron chi connectivity index (χ1n) is 8.15. The summed E-state index contributed by atoms with van der Waals surface area (Å²) in [5.41, 5.74) is 6.19. The minimum Gasteiger partial charge on any atom is -0.381 e. The smallest absolute Gasteiger partial charge is 0.227 e. The number of hydrogen-bond donors (Lipinski definition) is 2. The lowest BCUT2D eigenvalue weighted by Crippen LogP contribution is -2.30. The number of nitrogens with zero attached hydrogens (tertiary/aromatic N) is 1. The first kappa shape index (κ1) is 17.2. The van der Waals surface area contributed by atoms with Crippen molar-refractivity contribution in [2.45, 2.75) is 31.7 Å². The average Bonchev–Trinajstić information content (AvgIpc) is 2.57. The molecule has 0 aliphatic carbocycles. The Morgan fingerprint density at radius 3 is 2.92 bits per heavy atom. The number of aliphatic imine (C=N–C) groups is 1. The van der Waals surface area contributed by atoms with Crippen molar-refractivity contribution in [1.29, 1.82) is 0 Å². The van der Waals surface area contributed by atoms with E-state index in [4.69, 9.17) is 10.5 Å². The standard InChI is InChI=1S/C17H22FN3O2S/c1-17(6-9-24-16(19)21-17)13-10-12(2-3-14(13)18)20-15(22)11-4-7-23-8-5-11/h2-3,10-11H,4-9H2,1H3,(H2,19,21)(H,20,22). The van der Waals surface area contributed by atoms with Gasteiger partial charge in [-0.15, -0.1) is 0 Å². The summed E-state index contributed by atoms with van der Waals surface area (Å²) in [7, 11) is 0. The van der Waals surface area contributed by atoms with Crippen LogP contribution in [0.25, 0.3) is 0 Å². The Balaban J connectivity index is 1.81. The average molecular weight is 351 g/mol. The molecule has 0 bridgehead atoms. The summed E-state index contributed by atoms with van der Waals surface area (Å²) >= 11 is 1.48. The number of carbonyl (C=O) groups is 1. The first-order valence-corrected chi connectivity index (χ1v) is 9.13. The van der Waals surface area contributed by atoms with Crippen molar-refractivity contribution in [3.63, 3.8) is 0 Å². The highest BCUT2D eigenvalue weighted by Gasteiger charge is 2.32. The number of benzene rings is 1. The predicted octanol–water partition coefficient (Wildman–Crippen LogP) is 2.86. The number of ether oxygens (including phenoxy) is 1. The van der Waals surface area contributed by atoms with E-state index in [2.05, 4.69) is 10.3 Å². The molecule has 1 aromatic carbocycles. The Morgan fingerprint density at radius 1 is 1.46 bits per heavy atom. The van der Waals surface area contributed by atoms with E-state index in [1.54, 1.807) is 12.1 Å². The summed E-state index contributed by atoms with van der Waals surface area (Å²) in [6, 6.07) is 4.65. The summed E-state index contributed by atoms with van der Waals surface area (Å²) in [6.45, 7) is 3.09. The van der Waals surface area contributed by atoms with Crippen molar-refractivity contribution in [3.05, 3.63) is 29.6 Å². The maximum atomic E-state index is 14.4. The lowest BCUT2D eigenvalue weighted by molar-refractivity contribution is -0.122. The highest BCUT2D eigenvalue weighted by molar-refractivity contribution is 8.13. The number of hydrogen-bond acceptors (Lipinski definition) is 5. The van der Waals surface area contributed by atoms with Crippen LogP contribution in [0.2, 0.25) is 0 Å². The molecular weight excluding hydrogens is 329 g/mol. The van der Waals surface area contributed by atoms with Crippen molar-refractivity contribution in [3.8, 4) is 0 Å². The number of thioether (sulfide) groups is 1. The predicted molar refractivity (Wildman–Crippen MR) is 94.6 cm³/mol. The van der Waals surface area contributed by atoms with Crippen LogP contribution in [0.1, 0.15) is 31.7 Å². The van der Waals surface area contributed by atoms with Gasteiger partial charge in [0.2, 0.25) is 5.91 Å². The number of nitrogens with two attached hydrogens (primary N) is 1. The molecule has 1 atom stereocenters. The minimum atomic E-state index is -0.696. The monoisotopic (exact) mass is 351 g/mol. The molecule has 3 N–H and O–H groups in total. The fourth-order valence-corrected chi connectivity index (χ4v) is 4.08. The molecule has 0 aromatic heterocycles. The lowest BCUT2D eigenvalue weighted by Gasteiger charge is -2.30. The van der Waals surface area contributed by atoms with Gasteiger partial charge in [-0.1, -0.05) is 11.8 Å². The second-order valence-electron chi connectivity index (χ2n) is 6.39. The van der Waals surface area contributed by atoms with Crippen LogP contribution in [-0.2, 0) is 15.1 Å². The molecule has 0 saturated carbocycles. The Hall–Kier alpha value is -1.60. The molecule has 1 fully saturated rings. The van der Waals surface area contributed by atoms with E-state index in [0.29, 0.717) is 36.1 Å². The molecule has 2 heterocycles. The van der Waals surface area contributed by atoms with Gasteiger partial charge in [0.25, 0.3) is 0 Å². The van der Waals surface area contributed by atoms with Gasteiger partial charge in [0.1, 0.15) is 5.82 Å². The SMILES string of the molecule is CC1(c2cc(NC(=O)C3CCOCC3)ccc2F)CCSC(N)=N1. The van der Waals surface area contributed by atoms with Gasteiger partial charge in [0, 0.05) is 36.1 Å². The van der Waals surface area contributed by atoms with Crippen LogP contribution in [0.4, 0.5) is 10.1 Å². The highest BCUT2D eigenvalue weighted by Crippen LogP contribution is 2.37. The van der Waals surface area contributed by atoms with Crippen molar-refractivity contribution in [1.82, 2.24) is 0 Å². The molecule has 24 heavy (non-hydrogen) atoms. The molecule has 1 amide bonds. The number of amides is 1. The molecule has 0 radical (unpaired) electrons. The highest BCUT2D eigenvalue weighted by atomic mass is 32.2. The number of amidine groups is 1. The molecule has 5 nitrogen and oxygen atoms in total. The molecule has 2 aliphatic heterocycles. The molecule has 0 spiro atoms. The van der Waals surface area contributed by atoms with Crippen LogP contribution in [0.5, 0.6) is 0 Å². The van der Waals surface area contributed by atoms with Crippen LogP contribution in [0.15, 0.2) is 23.2 Å².